The number of carbonyl (C=O) groups is 3. The Bertz CT molecular complexity index is 936. The third-order valence-electron chi connectivity index (χ3n) is 5.74. The number of likely N-dealkylation sites (tertiary alicyclic amines) is 1. The highest BCUT2D eigenvalue weighted by molar-refractivity contribution is 5.93. The molecule has 3 N–H and O–H groups in total. The number of nitrogens with zero attached hydrogens (tertiary/aromatic N) is 1. The van der Waals surface area contributed by atoms with Crippen LogP contribution in [0.2, 0.25) is 0 Å². The summed E-state index contributed by atoms with van der Waals surface area (Å²) in [6.07, 6.45) is 1.25. The average Bonchev–Trinajstić information content (AvgIpc) is 2.82. The standard InChI is InChI=1S/C25H31FN4O3/c1-18(31)27-12-13-28-24(32)20-15-21(25(33)29-23-9-7-22(26)8-10-23)17-30(16-20)14-11-19-5-3-2-4-6-19/h2-10,20-21H,11-17H2,1H3,(H,27,31)(H,28,32)(H,29,33)/t20-,21+/m0/s1. The molecule has 1 fully saturated rings. The van der Waals surface area contributed by atoms with E-state index in [2.05, 4.69) is 33.0 Å². The second-order valence-electron chi connectivity index (χ2n) is 8.39. The molecular weight excluding hydrogens is 423 g/mol. The van der Waals surface area contributed by atoms with Gasteiger partial charge in [-0.2, -0.15) is 0 Å². The van der Waals surface area contributed by atoms with Crippen LogP contribution in [-0.2, 0) is 20.8 Å². The van der Waals surface area contributed by atoms with Crippen LogP contribution < -0.4 is 16.0 Å². The molecule has 0 spiro atoms. The minimum absolute atomic E-state index is 0.121. The zero-order valence-corrected chi connectivity index (χ0v) is 18.9. The van der Waals surface area contributed by atoms with Gasteiger partial charge in [0.1, 0.15) is 5.82 Å². The number of hydrogen-bond acceptors (Lipinski definition) is 4. The fraction of sp³-hybridized carbons (Fsp3) is 0.400. The normalized spacial score (nSPS) is 18.4. The first-order chi connectivity index (χ1) is 15.9. The smallest absolute Gasteiger partial charge is 0.228 e. The van der Waals surface area contributed by atoms with Crippen molar-refractivity contribution in [3.63, 3.8) is 0 Å². The number of halogens is 1. The topological polar surface area (TPSA) is 90.5 Å². The van der Waals surface area contributed by atoms with Crippen molar-refractivity contribution in [3.05, 3.63) is 66.0 Å². The number of piperidine rings is 1. The summed E-state index contributed by atoms with van der Waals surface area (Å²) in [7, 11) is 0. The van der Waals surface area contributed by atoms with E-state index in [-0.39, 0.29) is 35.4 Å². The van der Waals surface area contributed by atoms with Gasteiger partial charge in [-0.3, -0.25) is 14.4 Å². The molecular formula is C25H31FN4O3. The predicted molar refractivity (Wildman–Crippen MR) is 125 cm³/mol. The molecule has 3 rings (SSSR count). The molecule has 1 aliphatic rings. The Labute approximate surface area is 193 Å². The fourth-order valence-electron chi connectivity index (χ4n) is 4.03. The SMILES string of the molecule is CC(=O)NCCNC(=O)[C@H]1C[C@@H](C(=O)Nc2ccc(F)cc2)CN(CCc2ccccc2)C1. The van der Waals surface area contributed by atoms with Crippen molar-refractivity contribution in [1.29, 1.82) is 0 Å². The van der Waals surface area contributed by atoms with Crippen LogP contribution in [0.4, 0.5) is 10.1 Å². The van der Waals surface area contributed by atoms with Crippen LogP contribution in [0.3, 0.4) is 0 Å². The van der Waals surface area contributed by atoms with Crippen molar-refractivity contribution in [2.45, 2.75) is 19.8 Å². The molecule has 176 valence electrons. The van der Waals surface area contributed by atoms with Crippen molar-refractivity contribution in [1.82, 2.24) is 15.5 Å². The highest BCUT2D eigenvalue weighted by Crippen LogP contribution is 2.24. The Balaban J connectivity index is 1.63. The minimum Gasteiger partial charge on any atom is -0.355 e. The largest absolute Gasteiger partial charge is 0.355 e. The molecule has 7 nitrogen and oxygen atoms in total. The molecule has 0 saturated carbocycles. The van der Waals surface area contributed by atoms with Crippen molar-refractivity contribution in [2.24, 2.45) is 11.8 Å². The summed E-state index contributed by atoms with van der Waals surface area (Å²) >= 11 is 0. The van der Waals surface area contributed by atoms with Gasteiger partial charge in [-0.1, -0.05) is 30.3 Å². The molecule has 2 atom stereocenters. The highest BCUT2D eigenvalue weighted by Gasteiger charge is 2.35. The van der Waals surface area contributed by atoms with Gasteiger partial charge in [0.05, 0.1) is 11.8 Å². The molecule has 33 heavy (non-hydrogen) atoms. The number of carbonyl (C=O) groups excluding carboxylic acids is 3. The number of amides is 3. The number of hydrogen-bond donors (Lipinski definition) is 3. The first-order valence-electron chi connectivity index (χ1n) is 11.3. The number of benzene rings is 2. The highest BCUT2D eigenvalue weighted by atomic mass is 19.1. The summed E-state index contributed by atoms with van der Waals surface area (Å²) in [5, 5.41) is 8.36. The molecule has 2 aromatic rings. The van der Waals surface area contributed by atoms with Gasteiger partial charge < -0.3 is 20.9 Å². The van der Waals surface area contributed by atoms with E-state index in [1.165, 1.54) is 36.8 Å². The van der Waals surface area contributed by atoms with Crippen molar-refractivity contribution in [3.8, 4) is 0 Å². The molecule has 0 radical (unpaired) electrons. The maximum Gasteiger partial charge on any atom is 0.228 e. The second-order valence-corrected chi connectivity index (χ2v) is 8.39. The summed E-state index contributed by atoms with van der Waals surface area (Å²) in [5.41, 5.74) is 1.73. The van der Waals surface area contributed by atoms with Crippen LogP contribution in [0.15, 0.2) is 54.6 Å². The lowest BCUT2D eigenvalue weighted by molar-refractivity contribution is -0.130. The Kier molecular flexibility index (Phi) is 8.95. The molecule has 1 aliphatic heterocycles. The van der Waals surface area contributed by atoms with Gasteiger partial charge in [0.25, 0.3) is 0 Å². The molecule has 0 aliphatic carbocycles. The third-order valence-corrected chi connectivity index (χ3v) is 5.74. The Morgan fingerprint density at radius 3 is 2.21 bits per heavy atom. The van der Waals surface area contributed by atoms with E-state index in [1.54, 1.807) is 0 Å². The molecule has 8 heteroatoms. The van der Waals surface area contributed by atoms with Crippen LogP contribution in [-0.4, -0.2) is 55.3 Å². The summed E-state index contributed by atoms with van der Waals surface area (Å²) < 4.78 is 13.2. The zero-order chi connectivity index (χ0) is 23.6. The van der Waals surface area contributed by atoms with Gasteiger partial charge in [-0.15, -0.1) is 0 Å². The lowest BCUT2D eigenvalue weighted by Crippen LogP contribution is -2.50. The average molecular weight is 455 g/mol. The molecule has 0 unspecified atom stereocenters. The lowest BCUT2D eigenvalue weighted by Gasteiger charge is -2.36. The van der Waals surface area contributed by atoms with E-state index in [4.69, 9.17) is 0 Å². The fourth-order valence-corrected chi connectivity index (χ4v) is 4.03. The molecule has 2 aromatic carbocycles. The number of nitrogens with one attached hydrogen (secondary N) is 3. The van der Waals surface area contributed by atoms with Crippen LogP contribution in [0, 0.1) is 17.7 Å². The molecule has 0 bridgehead atoms. The summed E-state index contributed by atoms with van der Waals surface area (Å²) in [4.78, 5) is 38.9. The maximum atomic E-state index is 13.2. The summed E-state index contributed by atoms with van der Waals surface area (Å²) in [5.74, 6) is -1.52. The van der Waals surface area contributed by atoms with Crippen LogP contribution in [0.25, 0.3) is 0 Å². The van der Waals surface area contributed by atoms with Crippen molar-refractivity contribution in [2.75, 3.05) is 38.0 Å². The maximum absolute atomic E-state index is 13.2. The van der Waals surface area contributed by atoms with Gasteiger partial charge >= 0.3 is 0 Å². The Morgan fingerprint density at radius 1 is 0.909 bits per heavy atom. The lowest BCUT2D eigenvalue weighted by atomic mass is 9.87. The van der Waals surface area contributed by atoms with Crippen LogP contribution in [0.1, 0.15) is 18.9 Å². The van der Waals surface area contributed by atoms with E-state index in [1.807, 2.05) is 18.2 Å². The van der Waals surface area contributed by atoms with Crippen molar-refractivity contribution < 1.29 is 18.8 Å². The first kappa shape index (κ1) is 24.4. The van der Waals surface area contributed by atoms with E-state index in [0.29, 0.717) is 38.3 Å². The Hall–Kier alpha value is -3.26. The zero-order valence-electron chi connectivity index (χ0n) is 18.9. The second kappa shape index (κ2) is 12.1. The molecule has 0 aromatic heterocycles. The minimum atomic E-state index is -0.370. The monoisotopic (exact) mass is 454 g/mol. The van der Waals surface area contributed by atoms with Gasteiger partial charge in [-0.05, 0) is 42.7 Å². The summed E-state index contributed by atoms with van der Waals surface area (Å²) in [6, 6.07) is 15.7. The third kappa shape index (κ3) is 7.98. The van der Waals surface area contributed by atoms with E-state index in [9.17, 15) is 18.8 Å². The van der Waals surface area contributed by atoms with E-state index in [0.717, 1.165) is 13.0 Å². The van der Waals surface area contributed by atoms with Gasteiger partial charge in [0.15, 0.2) is 0 Å². The van der Waals surface area contributed by atoms with Gasteiger partial charge in [0.2, 0.25) is 17.7 Å². The van der Waals surface area contributed by atoms with Gasteiger partial charge in [0, 0.05) is 45.3 Å². The predicted octanol–water partition coefficient (Wildman–Crippen LogP) is 2.20. The van der Waals surface area contributed by atoms with Crippen molar-refractivity contribution >= 4 is 23.4 Å². The van der Waals surface area contributed by atoms with Gasteiger partial charge in [-0.25, -0.2) is 4.39 Å². The number of anilines is 1. The summed E-state index contributed by atoms with van der Waals surface area (Å²) in [6.45, 7) is 3.98. The molecule has 1 saturated heterocycles. The Morgan fingerprint density at radius 2 is 1.55 bits per heavy atom. The van der Waals surface area contributed by atoms with E-state index < -0.39 is 0 Å². The quantitative estimate of drug-likeness (QED) is 0.507. The van der Waals surface area contributed by atoms with E-state index >= 15 is 0 Å². The first-order valence-corrected chi connectivity index (χ1v) is 11.3. The van der Waals surface area contributed by atoms with Crippen LogP contribution in [0.5, 0.6) is 0 Å². The van der Waals surface area contributed by atoms with Crippen LogP contribution >= 0.6 is 0 Å². The molecule has 1 heterocycles. The molecule has 3 amide bonds. The number of rotatable bonds is 9.